The third-order valence-corrected chi connectivity index (χ3v) is 5.53. The molecule has 0 saturated heterocycles. The van der Waals surface area contributed by atoms with Gasteiger partial charge in [0.05, 0.1) is 12.2 Å². The van der Waals surface area contributed by atoms with E-state index in [2.05, 4.69) is 19.9 Å². The number of aryl methyl sites for hydroxylation is 2. The number of rotatable bonds is 2. The third-order valence-electron chi connectivity index (χ3n) is 5.53. The van der Waals surface area contributed by atoms with Crippen molar-refractivity contribution >= 4 is 0 Å². The molecule has 2 aliphatic carbocycles. The van der Waals surface area contributed by atoms with Crippen LogP contribution in [0.15, 0.2) is 12.1 Å². The van der Waals surface area contributed by atoms with Gasteiger partial charge in [0, 0.05) is 38.6 Å². The zero-order valence-electron chi connectivity index (χ0n) is 13.0. The van der Waals surface area contributed by atoms with E-state index in [1.54, 1.807) is 0 Å². The standard InChI is InChI=1S/C18H25O2.Y/c1-3-12-8-6-7-11(2)15(12)16-17(19)13-9-4-5-10-14(13)18(16)20;/h7-8,13-14,16-20H,3-5,9-10H2,1-2H3;/q-1;/t13-,14-,16?,17?,18?;/m0./s1. The molecular formula is C18H25O2Y-. The summed E-state index contributed by atoms with van der Waals surface area (Å²) in [6.07, 6.45) is 4.68. The van der Waals surface area contributed by atoms with Gasteiger partial charge in [0.1, 0.15) is 0 Å². The maximum atomic E-state index is 10.8. The van der Waals surface area contributed by atoms with Crippen molar-refractivity contribution in [2.45, 2.75) is 64.1 Å². The van der Waals surface area contributed by atoms with Crippen molar-refractivity contribution in [2.24, 2.45) is 11.8 Å². The second-order valence-corrected chi connectivity index (χ2v) is 6.55. The predicted octanol–water partition coefficient (Wildman–Crippen LogP) is 2.98. The van der Waals surface area contributed by atoms with Gasteiger partial charge in [-0.1, -0.05) is 33.1 Å². The monoisotopic (exact) mass is 362 g/mol. The maximum absolute atomic E-state index is 10.8. The summed E-state index contributed by atoms with van der Waals surface area (Å²) in [7, 11) is 0. The van der Waals surface area contributed by atoms with Gasteiger partial charge in [-0.2, -0.15) is 29.3 Å². The summed E-state index contributed by atoms with van der Waals surface area (Å²) in [5.74, 6) is 0.474. The third kappa shape index (κ3) is 3.02. The zero-order valence-corrected chi connectivity index (χ0v) is 15.9. The van der Waals surface area contributed by atoms with Crippen LogP contribution in [-0.4, -0.2) is 22.4 Å². The molecule has 1 radical (unpaired) electrons. The van der Waals surface area contributed by atoms with Gasteiger partial charge in [-0.15, -0.1) is 5.56 Å². The molecule has 2 fully saturated rings. The molecule has 113 valence electrons. The van der Waals surface area contributed by atoms with Crippen LogP contribution in [0, 0.1) is 24.8 Å². The topological polar surface area (TPSA) is 40.5 Å². The molecule has 0 heterocycles. The second-order valence-electron chi connectivity index (χ2n) is 6.55. The van der Waals surface area contributed by atoms with Crippen molar-refractivity contribution in [1.29, 1.82) is 0 Å². The van der Waals surface area contributed by atoms with Gasteiger partial charge in [-0.25, -0.2) is 0 Å². The van der Waals surface area contributed by atoms with Crippen LogP contribution in [0.1, 0.15) is 55.2 Å². The van der Waals surface area contributed by atoms with E-state index in [-0.39, 0.29) is 62.7 Å². The van der Waals surface area contributed by atoms with Gasteiger partial charge in [0.25, 0.3) is 0 Å². The Morgan fingerprint density at radius 1 is 1.10 bits per heavy atom. The average Bonchev–Trinajstić information content (AvgIpc) is 2.72. The van der Waals surface area contributed by atoms with Crippen molar-refractivity contribution in [3.8, 4) is 0 Å². The Morgan fingerprint density at radius 3 is 2.19 bits per heavy atom. The fourth-order valence-corrected chi connectivity index (χ4v) is 4.56. The van der Waals surface area contributed by atoms with E-state index in [4.69, 9.17) is 0 Å². The van der Waals surface area contributed by atoms with Crippen LogP contribution in [0.3, 0.4) is 0 Å². The first-order chi connectivity index (χ1) is 9.65. The molecule has 2 aliphatic rings. The number of hydrogen-bond acceptors (Lipinski definition) is 2. The fourth-order valence-electron chi connectivity index (χ4n) is 4.56. The first-order valence-corrected chi connectivity index (χ1v) is 8.00. The zero-order chi connectivity index (χ0) is 14.3. The van der Waals surface area contributed by atoms with E-state index in [0.717, 1.165) is 24.8 Å². The van der Waals surface area contributed by atoms with Crippen molar-refractivity contribution in [3.63, 3.8) is 0 Å². The summed E-state index contributed by atoms with van der Waals surface area (Å²) in [4.78, 5) is 0. The molecule has 2 nitrogen and oxygen atoms in total. The van der Waals surface area contributed by atoms with Crippen molar-refractivity contribution < 1.29 is 42.9 Å². The summed E-state index contributed by atoms with van der Waals surface area (Å²) in [6.45, 7) is 4.21. The van der Waals surface area contributed by atoms with Crippen molar-refractivity contribution in [3.05, 3.63) is 34.9 Å². The molecule has 3 rings (SSSR count). The first kappa shape index (κ1) is 17.6. The molecule has 4 atom stereocenters. The smallest absolute Gasteiger partial charge is 0.0645 e. The Kier molecular flexibility index (Phi) is 6.04. The van der Waals surface area contributed by atoms with E-state index >= 15 is 0 Å². The van der Waals surface area contributed by atoms with Crippen molar-refractivity contribution in [1.82, 2.24) is 0 Å². The minimum absolute atomic E-state index is 0. The van der Waals surface area contributed by atoms with Crippen LogP contribution in [0.5, 0.6) is 0 Å². The summed E-state index contributed by atoms with van der Waals surface area (Å²) in [5.41, 5.74) is 3.57. The molecule has 0 amide bonds. The Morgan fingerprint density at radius 2 is 1.67 bits per heavy atom. The number of fused-ring (bicyclic) bond motifs is 1. The fraction of sp³-hybridized carbons (Fsp3) is 0.667. The molecule has 2 N–H and O–H groups in total. The Balaban J connectivity index is 0.00000161. The molecular weight excluding hydrogens is 337 g/mol. The van der Waals surface area contributed by atoms with Crippen LogP contribution in [0.2, 0.25) is 0 Å². The minimum atomic E-state index is -0.387. The number of aliphatic hydroxyl groups is 2. The number of hydrogen-bond donors (Lipinski definition) is 2. The van der Waals surface area contributed by atoms with Crippen LogP contribution in [0.25, 0.3) is 0 Å². The van der Waals surface area contributed by atoms with E-state index in [0.29, 0.717) is 0 Å². The molecule has 3 heteroatoms. The summed E-state index contributed by atoms with van der Waals surface area (Å²) in [6, 6.07) is 7.17. The van der Waals surface area contributed by atoms with Crippen LogP contribution in [0.4, 0.5) is 0 Å². The second kappa shape index (κ2) is 7.21. The van der Waals surface area contributed by atoms with E-state index in [1.807, 2.05) is 12.1 Å². The normalized spacial score (nSPS) is 35.1. The quantitative estimate of drug-likeness (QED) is 0.795. The molecule has 1 aromatic carbocycles. The Hall–Kier alpha value is 0.244. The van der Waals surface area contributed by atoms with Crippen LogP contribution >= 0.6 is 0 Å². The molecule has 21 heavy (non-hydrogen) atoms. The first-order valence-electron chi connectivity index (χ1n) is 8.00. The van der Waals surface area contributed by atoms with Gasteiger partial charge >= 0.3 is 0 Å². The summed E-state index contributed by atoms with van der Waals surface area (Å²) >= 11 is 0. The van der Waals surface area contributed by atoms with E-state index < -0.39 is 0 Å². The van der Waals surface area contributed by atoms with E-state index in [1.165, 1.54) is 24.0 Å². The largest absolute Gasteiger partial charge is 0.392 e. The molecule has 0 aliphatic heterocycles. The Labute approximate surface area is 153 Å². The molecule has 1 aromatic rings. The van der Waals surface area contributed by atoms with Gasteiger partial charge < -0.3 is 10.2 Å². The predicted molar refractivity (Wildman–Crippen MR) is 79.6 cm³/mol. The van der Waals surface area contributed by atoms with Gasteiger partial charge in [0.15, 0.2) is 0 Å². The van der Waals surface area contributed by atoms with E-state index in [9.17, 15) is 10.2 Å². The van der Waals surface area contributed by atoms with Crippen LogP contribution in [-0.2, 0) is 39.1 Å². The molecule has 2 unspecified atom stereocenters. The van der Waals surface area contributed by atoms with Gasteiger partial charge in [0.2, 0.25) is 0 Å². The minimum Gasteiger partial charge on any atom is -0.392 e. The number of aliphatic hydroxyl groups excluding tert-OH is 2. The number of benzene rings is 1. The SMILES string of the molecule is CCc1c[c-]cc(C)c1C1C(O)[C@H]2CCCC[C@@H]2C1O.[Y]. The van der Waals surface area contributed by atoms with Crippen LogP contribution < -0.4 is 0 Å². The summed E-state index contributed by atoms with van der Waals surface area (Å²) in [5, 5.41) is 21.6. The van der Waals surface area contributed by atoms with Crippen molar-refractivity contribution in [2.75, 3.05) is 0 Å². The maximum Gasteiger partial charge on any atom is 0.0645 e. The van der Waals surface area contributed by atoms with Gasteiger partial charge in [-0.05, 0) is 24.7 Å². The average molecular weight is 362 g/mol. The summed E-state index contributed by atoms with van der Waals surface area (Å²) < 4.78 is 0. The van der Waals surface area contributed by atoms with Gasteiger partial charge in [-0.3, -0.25) is 0 Å². The Bertz CT molecular complexity index is 470. The molecule has 2 saturated carbocycles. The molecule has 0 aromatic heterocycles. The molecule has 0 spiro atoms. The molecule has 0 bridgehead atoms.